The number of nitrogen functional groups attached to an aromatic ring is 1. The molecule has 0 unspecified atom stereocenters. The number of nitro groups is 1. The Hall–Kier alpha value is -2.00. The fourth-order valence-corrected chi connectivity index (χ4v) is 2.59. The highest BCUT2D eigenvalue weighted by atomic mass is 16.6. The van der Waals surface area contributed by atoms with Crippen molar-refractivity contribution in [3.63, 3.8) is 0 Å². The highest BCUT2D eigenvalue weighted by Gasteiger charge is 2.20. The lowest BCUT2D eigenvalue weighted by molar-refractivity contribution is -0.384. The molecule has 21 heavy (non-hydrogen) atoms. The van der Waals surface area contributed by atoms with E-state index >= 15 is 0 Å². The summed E-state index contributed by atoms with van der Waals surface area (Å²) in [7, 11) is 2.08. The van der Waals surface area contributed by atoms with Gasteiger partial charge in [-0.2, -0.15) is 4.98 Å². The molecule has 1 aromatic rings. The number of rotatable bonds is 7. The fourth-order valence-electron chi connectivity index (χ4n) is 2.59. The molecule has 0 spiro atoms. The summed E-state index contributed by atoms with van der Waals surface area (Å²) in [5.74, 6) is 5.55. The van der Waals surface area contributed by atoms with Crippen LogP contribution in [0.15, 0.2) is 6.20 Å². The zero-order valence-corrected chi connectivity index (χ0v) is 12.1. The van der Waals surface area contributed by atoms with Crippen LogP contribution in [0.4, 0.5) is 17.5 Å². The number of nitrogens with two attached hydrogens (primary N) is 1. The number of likely N-dealkylation sites (N-methyl/N-ethyl adjacent to an activating group) is 1. The molecule has 1 heterocycles. The van der Waals surface area contributed by atoms with Crippen LogP contribution in [-0.2, 0) is 0 Å². The van der Waals surface area contributed by atoms with Gasteiger partial charge in [-0.15, -0.1) is 0 Å². The number of nitrogens with one attached hydrogen (secondary N) is 2. The van der Waals surface area contributed by atoms with Gasteiger partial charge in [0.25, 0.3) is 0 Å². The lowest BCUT2D eigenvalue weighted by Crippen LogP contribution is -2.33. The molecule has 4 N–H and O–H groups in total. The van der Waals surface area contributed by atoms with Crippen molar-refractivity contribution in [3.05, 3.63) is 16.3 Å². The third-order valence-electron chi connectivity index (χ3n) is 3.80. The maximum Gasteiger partial charge on any atom is 0.329 e. The van der Waals surface area contributed by atoms with Gasteiger partial charge < -0.3 is 10.2 Å². The van der Waals surface area contributed by atoms with E-state index < -0.39 is 4.92 Å². The summed E-state index contributed by atoms with van der Waals surface area (Å²) in [5.41, 5.74) is 2.13. The molecule has 0 saturated heterocycles. The van der Waals surface area contributed by atoms with E-state index in [1.807, 2.05) is 0 Å². The van der Waals surface area contributed by atoms with E-state index in [9.17, 15) is 10.1 Å². The Morgan fingerprint density at radius 2 is 2.24 bits per heavy atom. The van der Waals surface area contributed by atoms with Crippen molar-refractivity contribution in [2.45, 2.75) is 31.7 Å². The van der Waals surface area contributed by atoms with Crippen molar-refractivity contribution in [2.75, 3.05) is 30.9 Å². The van der Waals surface area contributed by atoms with Crippen molar-refractivity contribution in [3.8, 4) is 0 Å². The third kappa shape index (κ3) is 3.99. The van der Waals surface area contributed by atoms with Gasteiger partial charge >= 0.3 is 5.69 Å². The van der Waals surface area contributed by atoms with Crippen LogP contribution in [-0.4, -0.2) is 46.0 Å². The first-order chi connectivity index (χ1) is 10.1. The second-order valence-corrected chi connectivity index (χ2v) is 5.17. The summed E-state index contributed by atoms with van der Waals surface area (Å²) in [4.78, 5) is 20.5. The summed E-state index contributed by atoms with van der Waals surface area (Å²) in [6, 6.07) is 0.619. The van der Waals surface area contributed by atoms with Gasteiger partial charge in [-0.3, -0.25) is 15.5 Å². The Balaban J connectivity index is 1.93. The molecule has 1 saturated carbocycles. The van der Waals surface area contributed by atoms with Crippen LogP contribution in [0.3, 0.4) is 0 Å². The van der Waals surface area contributed by atoms with Gasteiger partial charge in [-0.1, -0.05) is 12.8 Å². The van der Waals surface area contributed by atoms with Gasteiger partial charge in [-0.05, 0) is 19.9 Å². The Morgan fingerprint density at radius 3 is 2.86 bits per heavy atom. The molecule has 1 aliphatic rings. The largest absolute Gasteiger partial charge is 0.363 e. The van der Waals surface area contributed by atoms with Crippen molar-refractivity contribution in [2.24, 2.45) is 5.84 Å². The van der Waals surface area contributed by atoms with E-state index in [0.717, 1.165) is 12.7 Å². The second-order valence-electron chi connectivity index (χ2n) is 5.17. The number of hydrogen-bond acceptors (Lipinski definition) is 8. The topological polar surface area (TPSA) is 122 Å². The van der Waals surface area contributed by atoms with E-state index in [0.29, 0.717) is 12.6 Å². The van der Waals surface area contributed by atoms with Crippen LogP contribution >= 0.6 is 0 Å². The van der Waals surface area contributed by atoms with Crippen LogP contribution in [0.25, 0.3) is 0 Å². The lowest BCUT2D eigenvalue weighted by Gasteiger charge is -2.23. The van der Waals surface area contributed by atoms with Gasteiger partial charge in [0, 0.05) is 19.1 Å². The highest BCUT2D eigenvalue weighted by molar-refractivity contribution is 5.56. The molecule has 0 aliphatic heterocycles. The van der Waals surface area contributed by atoms with Crippen molar-refractivity contribution in [1.82, 2.24) is 14.9 Å². The first-order valence-corrected chi connectivity index (χ1v) is 7.04. The molecule has 0 radical (unpaired) electrons. The normalized spacial score (nSPS) is 15.4. The standard InChI is InChI=1S/C12H21N7O2/c1-18(9-4-2-3-5-9)7-6-14-11-10(19(20)21)8-15-12(16-11)17-13/h8-9H,2-7,13H2,1H3,(H2,14,15,16,17). The van der Waals surface area contributed by atoms with Gasteiger partial charge in [0.05, 0.1) is 4.92 Å². The Morgan fingerprint density at radius 1 is 1.52 bits per heavy atom. The molecule has 1 aromatic heterocycles. The van der Waals surface area contributed by atoms with Gasteiger partial charge in [0.15, 0.2) is 0 Å². The zero-order chi connectivity index (χ0) is 15.2. The third-order valence-corrected chi connectivity index (χ3v) is 3.80. The molecule has 1 aliphatic carbocycles. The van der Waals surface area contributed by atoms with E-state index in [4.69, 9.17) is 5.84 Å². The molecule has 0 bridgehead atoms. The smallest absolute Gasteiger partial charge is 0.329 e. The van der Waals surface area contributed by atoms with E-state index in [1.54, 1.807) is 0 Å². The maximum absolute atomic E-state index is 11.0. The number of anilines is 2. The summed E-state index contributed by atoms with van der Waals surface area (Å²) in [5, 5.41) is 13.9. The van der Waals surface area contributed by atoms with Crippen molar-refractivity contribution < 1.29 is 4.92 Å². The minimum Gasteiger partial charge on any atom is -0.363 e. The van der Waals surface area contributed by atoms with Crippen LogP contribution < -0.4 is 16.6 Å². The Bertz CT molecular complexity index is 490. The summed E-state index contributed by atoms with van der Waals surface area (Å²) in [6.07, 6.45) is 6.17. The van der Waals surface area contributed by atoms with E-state index in [2.05, 4.69) is 32.7 Å². The van der Waals surface area contributed by atoms with Crippen molar-refractivity contribution in [1.29, 1.82) is 0 Å². The molecular weight excluding hydrogens is 274 g/mol. The summed E-state index contributed by atoms with van der Waals surface area (Å²) < 4.78 is 0. The Kier molecular flexibility index (Phi) is 5.23. The van der Waals surface area contributed by atoms with Crippen molar-refractivity contribution >= 4 is 17.5 Å². The van der Waals surface area contributed by atoms with E-state index in [-0.39, 0.29) is 17.5 Å². The number of aromatic nitrogens is 2. The number of hydrazine groups is 1. The number of hydrogen-bond donors (Lipinski definition) is 3. The monoisotopic (exact) mass is 295 g/mol. The molecule has 9 nitrogen and oxygen atoms in total. The average molecular weight is 295 g/mol. The molecule has 116 valence electrons. The Labute approximate surface area is 123 Å². The first kappa shape index (κ1) is 15.4. The van der Waals surface area contributed by atoms with Gasteiger partial charge in [0.2, 0.25) is 11.8 Å². The molecule has 0 amide bonds. The predicted molar refractivity (Wildman–Crippen MR) is 79.9 cm³/mol. The summed E-state index contributed by atoms with van der Waals surface area (Å²) >= 11 is 0. The van der Waals surface area contributed by atoms with E-state index in [1.165, 1.54) is 25.7 Å². The minimum atomic E-state index is -0.511. The minimum absolute atomic E-state index is 0.146. The zero-order valence-electron chi connectivity index (χ0n) is 12.1. The van der Waals surface area contributed by atoms with Crippen LogP contribution in [0, 0.1) is 10.1 Å². The molecule has 0 atom stereocenters. The fraction of sp³-hybridized carbons (Fsp3) is 0.667. The molecule has 2 rings (SSSR count). The van der Waals surface area contributed by atoms with Crippen LogP contribution in [0.1, 0.15) is 25.7 Å². The highest BCUT2D eigenvalue weighted by Crippen LogP contribution is 2.23. The van der Waals surface area contributed by atoms with Gasteiger partial charge in [-0.25, -0.2) is 10.8 Å². The second kappa shape index (κ2) is 7.14. The first-order valence-electron chi connectivity index (χ1n) is 7.04. The number of nitrogens with zero attached hydrogens (tertiary/aromatic N) is 4. The summed E-state index contributed by atoms with van der Waals surface area (Å²) in [6.45, 7) is 1.38. The molecule has 0 aromatic carbocycles. The molecular formula is C12H21N7O2. The lowest BCUT2D eigenvalue weighted by atomic mass is 10.2. The molecule has 1 fully saturated rings. The van der Waals surface area contributed by atoms with Gasteiger partial charge in [0.1, 0.15) is 6.20 Å². The van der Waals surface area contributed by atoms with Crippen LogP contribution in [0.5, 0.6) is 0 Å². The van der Waals surface area contributed by atoms with Crippen LogP contribution in [0.2, 0.25) is 0 Å². The maximum atomic E-state index is 11.0. The molecule has 9 heteroatoms. The SMILES string of the molecule is CN(CCNc1nc(NN)ncc1[N+](=O)[O-])C1CCCC1. The quantitative estimate of drug-likeness (QED) is 0.386. The predicted octanol–water partition coefficient (Wildman–Crippen LogP) is 0.957. The average Bonchev–Trinajstić information content (AvgIpc) is 3.01.